The number of piperidine rings is 1. The topological polar surface area (TPSA) is 69.7 Å². The molecule has 1 aromatic rings. The third kappa shape index (κ3) is 6.27. The molecule has 2 atom stereocenters. The first-order chi connectivity index (χ1) is 13.5. The number of rotatable bonds is 8. The maximum Gasteiger partial charge on any atom is 0.251 e. The summed E-state index contributed by atoms with van der Waals surface area (Å²) >= 11 is 0. The van der Waals surface area contributed by atoms with Gasteiger partial charge in [-0.2, -0.15) is 4.31 Å². The molecule has 1 fully saturated rings. The van der Waals surface area contributed by atoms with Crippen LogP contribution in [0.5, 0.6) is 0 Å². The molecule has 2 unspecified atom stereocenters. The van der Waals surface area contributed by atoms with Crippen LogP contribution in [-0.2, 0) is 10.0 Å². The van der Waals surface area contributed by atoms with E-state index < -0.39 is 10.0 Å². The zero-order chi connectivity index (χ0) is 21.8. The fraction of sp³-hybridized carbons (Fsp3) is 0.682. The summed E-state index contributed by atoms with van der Waals surface area (Å²) < 4.78 is 27.7. The molecule has 7 heteroatoms. The van der Waals surface area contributed by atoms with Gasteiger partial charge in [0, 0.05) is 43.8 Å². The van der Waals surface area contributed by atoms with Crippen LogP contribution < -0.4 is 5.32 Å². The van der Waals surface area contributed by atoms with Gasteiger partial charge < -0.3 is 5.32 Å². The molecule has 2 rings (SSSR count). The van der Waals surface area contributed by atoms with E-state index in [-0.39, 0.29) is 10.8 Å². The van der Waals surface area contributed by atoms with Gasteiger partial charge in [-0.3, -0.25) is 9.69 Å². The first kappa shape index (κ1) is 23.8. The lowest BCUT2D eigenvalue weighted by Crippen LogP contribution is -2.43. The Morgan fingerprint density at radius 3 is 2.28 bits per heavy atom. The van der Waals surface area contributed by atoms with E-state index in [1.165, 1.54) is 6.07 Å². The minimum absolute atomic E-state index is 0.192. The highest BCUT2D eigenvalue weighted by Crippen LogP contribution is 2.27. The van der Waals surface area contributed by atoms with Crippen molar-refractivity contribution in [1.82, 2.24) is 14.5 Å². The minimum atomic E-state index is -3.60. The highest BCUT2D eigenvalue weighted by Gasteiger charge is 2.32. The van der Waals surface area contributed by atoms with Crippen molar-refractivity contribution in [1.29, 1.82) is 0 Å². The Kier molecular flexibility index (Phi) is 8.26. The number of sulfonamides is 1. The van der Waals surface area contributed by atoms with Crippen molar-refractivity contribution in [2.24, 2.45) is 11.8 Å². The summed E-state index contributed by atoms with van der Waals surface area (Å²) in [6.45, 7) is 15.1. The second kappa shape index (κ2) is 10.0. The van der Waals surface area contributed by atoms with E-state index in [1.807, 2.05) is 0 Å². The maximum atomic E-state index is 13.1. The van der Waals surface area contributed by atoms with Crippen molar-refractivity contribution >= 4 is 15.9 Å². The Balaban J connectivity index is 2.07. The van der Waals surface area contributed by atoms with Crippen molar-refractivity contribution in [2.45, 2.75) is 64.9 Å². The molecular formula is C22H37N3O3S. The van der Waals surface area contributed by atoms with Crippen molar-refractivity contribution < 1.29 is 13.2 Å². The fourth-order valence-electron chi connectivity index (χ4n) is 4.26. The Labute approximate surface area is 176 Å². The van der Waals surface area contributed by atoms with E-state index in [0.29, 0.717) is 49.1 Å². The Morgan fingerprint density at radius 1 is 1.14 bits per heavy atom. The summed E-state index contributed by atoms with van der Waals surface area (Å²) in [5.41, 5.74) is 0.379. The van der Waals surface area contributed by atoms with E-state index in [0.717, 1.165) is 13.0 Å². The van der Waals surface area contributed by atoms with Crippen LogP contribution in [0.4, 0.5) is 0 Å². The standard InChI is InChI=1S/C22H37N3O3S/c1-16(2)25(17(3)4)11-10-23-22(26)20-8-7-9-21(13-20)29(27,28)24-14-18(5)12-19(6)15-24/h7-9,13,16-19H,10-12,14-15H2,1-6H3,(H,23,26). The molecule has 1 heterocycles. The predicted molar refractivity (Wildman–Crippen MR) is 117 cm³/mol. The number of nitrogens with zero attached hydrogens (tertiary/aromatic N) is 2. The van der Waals surface area contributed by atoms with Gasteiger partial charge >= 0.3 is 0 Å². The number of carbonyl (C=O) groups is 1. The lowest BCUT2D eigenvalue weighted by atomic mass is 9.94. The molecule has 1 aromatic carbocycles. The zero-order valence-corrected chi connectivity index (χ0v) is 19.5. The van der Waals surface area contributed by atoms with Crippen LogP contribution in [0.25, 0.3) is 0 Å². The monoisotopic (exact) mass is 423 g/mol. The van der Waals surface area contributed by atoms with Crippen LogP contribution in [0.3, 0.4) is 0 Å². The van der Waals surface area contributed by atoms with Gasteiger partial charge in [0.05, 0.1) is 4.90 Å². The molecule has 6 nitrogen and oxygen atoms in total. The van der Waals surface area contributed by atoms with Crippen molar-refractivity contribution in [2.75, 3.05) is 26.2 Å². The number of hydrogen-bond donors (Lipinski definition) is 1. The van der Waals surface area contributed by atoms with Gasteiger partial charge in [-0.05, 0) is 64.2 Å². The van der Waals surface area contributed by atoms with Gasteiger partial charge in [-0.15, -0.1) is 0 Å². The van der Waals surface area contributed by atoms with Crippen molar-refractivity contribution in [3.8, 4) is 0 Å². The molecule has 164 valence electrons. The summed E-state index contributed by atoms with van der Waals surface area (Å²) in [4.78, 5) is 15.1. The maximum absolute atomic E-state index is 13.1. The number of carbonyl (C=O) groups excluding carboxylic acids is 1. The average Bonchev–Trinajstić information content (AvgIpc) is 2.63. The first-order valence-electron chi connectivity index (χ1n) is 10.7. The SMILES string of the molecule is CC1CC(C)CN(S(=O)(=O)c2cccc(C(=O)NCCN(C(C)C)C(C)C)c2)C1. The predicted octanol–water partition coefficient (Wildman–Crippen LogP) is 3.20. The molecule has 0 aromatic heterocycles. The van der Waals surface area contributed by atoms with Crippen LogP contribution in [0, 0.1) is 11.8 Å². The van der Waals surface area contributed by atoms with Gasteiger partial charge in [0.1, 0.15) is 0 Å². The average molecular weight is 424 g/mol. The van der Waals surface area contributed by atoms with E-state index in [4.69, 9.17) is 0 Å². The van der Waals surface area contributed by atoms with Gasteiger partial charge in [0.2, 0.25) is 10.0 Å². The van der Waals surface area contributed by atoms with Crippen molar-refractivity contribution in [3.63, 3.8) is 0 Å². The molecule has 0 spiro atoms. The quantitative estimate of drug-likeness (QED) is 0.697. The summed E-state index contributed by atoms with van der Waals surface area (Å²) in [5, 5.41) is 2.92. The highest BCUT2D eigenvalue weighted by molar-refractivity contribution is 7.89. The smallest absolute Gasteiger partial charge is 0.251 e. The van der Waals surface area contributed by atoms with Crippen LogP contribution in [0.15, 0.2) is 29.2 Å². The van der Waals surface area contributed by atoms with Crippen LogP contribution in [-0.4, -0.2) is 61.8 Å². The fourth-order valence-corrected chi connectivity index (χ4v) is 5.99. The van der Waals surface area contributed by atoms with E-state index in [9.17, 15) is 13.2 Å². The normalized spacial score (nSPS) is 21.1. The third-order valence-electron chi connectivity index (χ3n) is 5.55. The molecule has 1 aliphatic heterocycles. The number of nitrogens with one attached hydrogen (secondary N) is 1. The first-order valence-corrected chi connectivity index (χ1v) is 12.1. The Bertz CT molecular complexity index is 774. The number of benzene rings is 1. The summed E-state index contributed by atoms with van der Waals surface area (Å²) in [6, 6.07) is 7.18. The summed E-state index contributed by atoms with van der Waals surface area (Å²) in [7, 11) is -3.60. The van der Waals surface area contributed by atoms with Gasteiger partial charge in [0.25, 0.3) is 5.91 Å². The van der Waals surface area contributed by atoms with E-state index in [1.54, 1.807) is 22.5 Å². The van der Waals surface area contributed by atoms with Crippen LogP contribution in [0.1, 0.15) is 58.3 Å². The number of hydrogen-bond acceptors (Lipinski definition) is 4. The van der Waals surface area contributed by atoms with Gasteiger partial charge in [0.15, 0.2) is 0 Å². The largest absolute Gasteiger partial charge is 0.351 e. The molecule has 0 aliphatic carbocycles. The third-order valence-corrected chi connectivity index (χ3v) is 7.38. The molecule has 0 saturated carbocycles. The molecule has 0 radical (unpaired) electrons. The Hall–Kier alpha value is -1.44. The molecule has 1 amide bonds. The molecule has 29 heavy (non-hydrogen) atoms. The zero-order valence-electron chi connectivity index (χ0n) is 18.7. The highest BCUT2D eigenvalue weighted by atomic mass is 32.2. The van der Waals surface area contributed by atoms with Gasteiger partial charge in [-0.1, -0.05) is 19.9 Å². The van der Waals surface area contributed by atoms with Gasteiger partial charge in [-0.25, -0.2) is 8.42 Å². The Morgan fingerprint density at radius 2 is 1.72 bits per heavy atom. The van der Waals surface area contributed by atoms with Crippen LogP contribution >= 0.6 is 0 Å². The summed E-state index contributed by atoms with van der Waals surface area (Å²) in [5.74, 6) is 0.435. The van der Waals surface area contributed by atoms with E-state index >= 15 is 0 Å². The van der Waals surface area contributed by atoms with E-state index in [2.05, 4.69) is 51.8 Å². The lowest BCUT2D eigenvalue weighted by molar-refractivity contribution is 0.0939. The molecule has 1 N–H and O–H groups in total. The van der Waals surface area contributed by atoms with Crippen LogP contribution in [0.2, 0.25) is 0 Å². The minimum Gasteiger partial charge on any atom is -0.351 e. The van der Waals surface area contributed by atoms with Crippen molar-refractivity contribution in [3.05, 3.63) is 29.8 Å². The molecule has 1 saturated heterocycles. The molecule has 1 aliphatic rings. The lowest BCUT2D eigenvalue weighted by Gasteiger charge is -2.34. The molecule has 0 bridgehead atoms. The second-order valence-corrected chi connectivity index (χ2v) is 10.9. The second-order valence-electron chi connectivity index (χ2n) is 8.98. The molecular weight excluding hydrogens is 386 g/mol. The number of amides is 1. The summed E-state index contributed by atoms with van der Waals surface area (Å²) in [6.07, 6.45) is 1.04.